The average Bonchev–Trinajstić information content (AvgIpc) is 4.03. The van der Waals surface area contributed by atoms with E-state index in [1.165, 1.54) is 30.4 Å². The molecule has 3 aliphatic carbocycles. The Labute approximate surface area is 312 Å². The molecule has 2 saturated carbocycles. The number of rotatable bonds is 10. The van der Waals surface area contributed by atoms with Crippen LogP contribution in [0.4, 0.5) is 0 Å². The van der Waals surface area contributed by atoms with Crippen LogP contribution < -0.4 is 5.32 Å². The van der Waals surface area contributed by atoms with Crippen LogP contribution in [0, 0.1) is 29.6 Å². The second-order valence-corrected chi connectivity index (χ2v) is 15.9. The highest BCUT2D eigenvalue weighted by Gasteiger charge is 2.60. The van der Waals surface area contributed by atoms with Crippen LogP contribution in [0.1, 0.15) is 81.9 Å². The van der Waals surface area contributed by atoms with Crippen LogP contribution in [-0.4, -0.2) is 67.1 Å². The number of amidine groups is 2. The Morgan fingerprint density at radius 3 is 2.58 bits per heavy atom. The van der Waals surface area contributed by atoms with Crippen molar-refractivity contribution < 1.29 is 4.79 Å². The molecule has 4 aliphatic heterocycles. The summed E-state index contributed by atoms with van der Waals surface area (Å²) in [7, 11) is 1.87. The van der Waals surface area contributed by atoms with E-state index in [9.17, 15) is 4.79 Å². The minimum atomic E-state index is -0.191. The number of likely N-dealkylation sites (N-methyl/N-ethyl adjacent to an activating group) is 1. The van der Waals surface area contributed by atoms with Crippen molar-refractivity contribution in [3.05, 3.63) is 120 Å². The Morgan fingerprint density at radius 1 is 1.04 bits per heavy atom. The highest BCUT2D eigenvalue weighted by Crippen LogP contribution is 2.58. The summed E-state index contributed by atoms with van der Waals surface area (Å²) in [6.45, 7) is 13.9. The molecular formula is C43H49N9O. The Kier molecular flexibility index (Phi) is 8.53. The monoisotopic (exact) mass is 707 g/mol. The number of aromatic amines is 1. The molecule has 0 spiro atoms. The van der Waals surface area contributed by atoms with E-state index in [-0.39, 0.29) is 23.9 Å². The summed E-state index contributed by atoms with van der Waals surface area (Å²) in [5, 5.41) is 7.70. The van der Waals surface area contributed by atoms with E-state index < -0.39 is 0 Å². The van der Waals surface area contributed by atoms with Crippen LogP contribution in [0.15, 0.2) is 113 Å². The van der Waals surface area contributed by atoms with Gasteiger partial charge in [-0.1, -0.05) is 51.3 Å². The van der Waals surface area contributed by atoms with Gasteiger partial charge in [0.15, 0.2) is 0 Å². The topological polar surface area (TPSA) is 105 Å². The van der Waals surface area contributed by atoms with E-state index >= 15 is 0 Å². The standard InChI is InChI=1S/C43H49N9O/c1-25(2)39(44-5)43(53)50-19-7-9-35(50)40-46-22-33(48-40)29-14-12-28(13-15-29)26(3)10-11-27(4)36-23-47-41-37-30-16-17-31(20-30)38(37)42-49-34(24-51(36)52(41)42)32-8-6-18-45-21-32/h6,8,10-12,14,18,21-25,30-31,35,37-39,44H,3-4,7,9,13,15-17,19-20H2,1-2,5H3,(H,46,48)/b11-10-/t30?,31?,35?,37?,38-,39?/m0/s1. The third-order valence-electron chi connectivity index (χ3n) is 12.6. The number of H-pyrrole nitrogens is 1. The average molecular weight is 708 g/mol. The number of aromatic nitrogens is 3. The van der Waals surface area contributed by atoms with Crippen molar-refractivity contribution in [2.45, 2.75) is 70.9 Å². The molecule has 2 N–H and O–H groups in total. The highest BCUT2D eigenvalue weighted by atomic mass is 16.2. The van der Waals surface area contributed by atoms with Crippen molar-refractivity contribution in [2.24, 2.45) is 39.6 Å². The maximum absolute atomic E-state index is 13.4. The number of hydrogen-bond donors (Lipinski definition) is 2. The number of allylic oxidation sites excluding steroid dienone is 7. The quantitative estimate of drug-likeness (QED) is 0.251. The minimum absolute atomic E-state index is 0.0165. The first kappa shape index (κ1) is 33.7. The number of aliphatic imine (C=N–C) groups is 2. The number of fused-ring (bicyclic) bond motifs is 7. The predicted molar refractivity (Wildman–Crippen MR) is 209 cm³/mol. The fourth-order valence-corrected chi connectivity index (χ4v) is 9.92. The largest absolute Gasteiger partial charge is 0.341 e. The molecule has 9 rings (SSSR count). The molecule has 2 aromatic heterocycles. The molecule has 0 radical (unpaired) electrons. The molecule has 4 fully saturated rings. The van der Waals surface area contributed by atoms with Gasteiger partial charge >= 0.3 is 0 Å². The summed E-state index contributed by atoms with van der Waals surface area (Å²) in [6, 6.07) is 3.84. The van der Waals surface area contributed by atoms with Gasteiger partial charge in [-0.3, -0.25) is 9.78 Å². The molecule has 2 aromatic rings. The molecule has 53 heavy (non-hydrogen) atoms. The van der Waals surface area contributed by atoms with Gasteiger partial charge in [0.2, 0.25) is 5.91 Å². The van der Waals surface area contributed by atoms with Crippen molar-refractivity contribution >= 4 is 28.8 Å². The highest BCUT2D eigenvalue weighted by molar-refractivity contribution is 6.13. The number of nitrogens with one attached hydrogen (secondary N) is 2. The van der Waals surface area contributed by atoms with Gasteiger partial charge in [0.05, 0.1) is 47.8 Å². The molecule has 6 atom stereocenters. The summed E-state index contributed by atoms with van der Waals surface area (Å²) < 4.78 is 0. The Balaban J connectivity index is 0.907. The molecule has 2 saturated heterocycles. The minimum Gasteiger partial charge on any atom is -0.341 e. The lowest BCUT2D eigenvalue weighted by atomic mass is 9.80. The molecule has 272 valence electrons. The number of hydrazine groups is 1. The summed E-state index contributed by atoms with van der Waals surface area (Å²) in [6.07, 6.45) is 25.7. The summed E-state index contributed by atoms with van der Waals surface area (Å²) >= 11 is 0. The van der Waals surface area contributed by atoms with E-state index in [0.717, 1.165) is 83.5 Å². The van der Waals surface area contributed by atoms with Gasteiger partial charge in [-0.25, -0.2) is 25.0 Å². The lowest BCUT2D eigenvalue weighted by molar-refractivity contribution is -0.135. The van der Waals surface area contributed by atoms with Gasteiger partial charge in [-0.05, 0) is 104 Å². The number of pyridine rings is 1. The van der Waals surface area contributed by atoms with Crippen molar-refractivity contribution in [2.75, 3.05) is 13.6 Å². The molecular weight excluding hydrogens is 659 g/mol. The lowest BCUT2D eigenvalue weighted by Crippen LogP contribution is -2.47. The van der Waals surface area contributed by atoms with Gasteiger partial charge < -0.3 is 15.2 Å². The Bertz CT molecular complexity index is 2080. The second kappa shape index (κ2) is 13.4. The summed E-state index contributed by atoms with van der Waals surface area (Å²) in [5.41, 5.74) is 8.12. The maximum Gasteiger partial charge on any atom is 0.240 e. The molecule has 7 aliphatic rings. The van der Waals surface area contributed by atoms with Gasteiger partial charge in [-0.15, -0.1) is 0 Å². The van der Waals surface area contributed by atoms with Crippen molar-refractivity contribution in [3.63, 3.8) is 0 Å². The van der Waals surface area contributed by atoms with E-state index in [0.29, 0.717) is 23.7 Å². The van der Waals surface area contributed by atoms with Crippen LogP contribution in [0.3, 0.4) is 0 Å². The smallest absolute Gasteiger partial charge is 0.240 e. The van der Waals surface area contributed by atoms with Crippen LogP contribution in [0.2, 0.25) is 0 Å². The number of nitrogens with zero attached hydrogens (tertiary/aromatic N) is 7. The van der Waals surface area contributed by atoms with Crippen molar-refractivity contribution in [1.82, 2.24) is 35.2 Å². The number of hydrogen-bond acceptors (Lipinski definition) is 8. The molecule has 0 aromatic carbocycles. The van der Waals surface area contributed by atoms with Gasteiger partial charge in [0.1, 0.15) is 17.5 Å². The predicted octanol–water partition coefficient (Wildman–Crippen LogP) is 7.34. The van der Waals surface area contributed by atoms with E-state index in [1.807, 2.05) is 36.6 Å². The number of likely N-dealkylation sites (tertiary alicyclic amines) is 1. The van der Waals surface area contributed by atoms with Crippen LogP contribution in [0.25, 0.3) is 11.3 Å². The normalized spacial score (nSPS) is 27.6. The van der Waals surface area contributed by atoms with E-state index in [4.69, 9.17) is 15.0 Å². The van der Waals surface area contributed by atoms with Gasteiger partial charge in [-0.2, -0.15) is 0 Å². The van der Waals surface area contributed by atoms with Crippen LogP contribution in [-0.2, 0) is 4.79 Å². The molecule has 2 bridgehead atoms. The van der Waals surface area contributed by atoms with Crippen LogP contribution >= 0.6 is 0 Å². The number of amides is 1. The third kappa shape index (κ3) is 5.69. The van der Waals surface area contributed by atoms with E-state index in [1.54, 1.807) is 6.20 Å². The van der Waals surface area contributed by atoms with Gasteiger partial charge in [0.25, 0.3) is 0 Å². The number of imidazole rings is 1. The SMILES string of the molecule is C=C(/C=C\C(=C)C1=CN=C2C3C4CCC(C4)[C@@H]3C3=NC(c4cccnc4)=CN1N23)C1=CC=C(c2cnc(C3CCCN3C(=O)C(NC)C(C)C)[nH]2)CC1. The van der Waals surface area contributed by atoms with Gasteiger partial charge in [0, 0.05) is 36.3 Å². The molecule has 1 amide bonds. The number of carbonyl (C=O) groups is 1. The third-order valence-corrected chi connectivity index (χ3v) is 12.6. The van der Waals surface area contributed by atoms with Crippen LogP contribution in [0.5, 0.6) is 0 Å². The first-order valence-corrected chi connectivity index (χ1v) is 19.4. The molecule has 10 heteroatoms. The second-order valence-electron chi connectivity index (χ2n) is 15.9. The Morgan fingerprint density at radius 2 is 1.85 bits per heavy atom. The maximum atomic E-state index is 13.4. The lowest BCUT2D eigenvalue weighted by Gasteiger charge is -2.40. The molecule has 10 nitrogen and oxygen atoms in total. The molecule has 5 unspecified atom stereocenters. The van der Waals surface area contributed by atoms with E-state index in [2.05, 4.69) is 88.9 Å². The summed E-state index contributed by atoms with van der Waals surface area (Å²) in [5.74, 6) is 5.71. The fraction of sp³-hybridized carbons (Fsp3) is 0.419. The molecule has 6 heterocycles. The van der Waals surface area contributed by atoms with Crippen molar-refractivity contribution in [3.8, 4) is 0 Å². The fourth-order valence-electron chi connectivity index (χ4n) is 9.92. The zero-order valence-electron chi connectivity index (χ0n) is 31.0. The first-order valence-electron chi connectivity index (χ1n) is 19.4. The zero-order chi connectivity index (χ0) is 36.4. The number of carbonyl (C=O) groups excluding carboxylic acids is 1. The Hall–Kier alpha value is -5.09. The zero-order valence-corrected chi connectivity index (χ0v) is 31.0. The van der Waals surface area contributed by atoms with Crippen molar-refractivity contribution in [1.29, 1.82) is 0 Å². The first-order chi connectivity index (χ1) is 25.8. The summed E-state index contributed by atoms with van der Waals surface area (Å²) in [4.78, 5) is 38.5.